The first-order chi connectivity index (χ1) is 16.9. The number of carbonyl (C=O) groups excluding carboxylic acids is 3. The number of benzene rings is 1. The fourth-order valence-electron chi connectivity index (χ4n) is 4.09. The molecule has 1 aromatic heterocycles. The van der Waals surface area contributed by atoms with Crippen LogP contribution in [0.25, 0.3) is 0 Å². The Morgan fingerprint density at radius 2 is 1.86 bits per heavy atom. The second kappa shape index (κ2) is 10.6. The maximum atomic E-state index is 13.4. The first-order valence-corrected chi connectivity index (χ1v) is 11.5. The van der Waals surface area contributed by atoms with E-state index in [0.29, 0.717) is 32.2 Å². The topological polar surface area (TPSA) is 121 Å². The van der Waals surface area contributed by atoms with E-state index in [1.165, 1.54) is 24.0 Å². The van der Waals surface area contributed by atoms with Crippen LogP contribution in [-0.4, -0.2) is 55.0 Å². The van der Waals surface area contributed by atoms with Crippen LogP contribution < -0.4 is 10.4 Å². The van der Waals surface area contributed by atoms with Crippen LogP contribution in [0.4, 0.5) is 23.7 Å². The number of urea groups is 1. The number of nitrogens with one attached hydrogen (secondary N) is 1. The Labute approximate surface area is 206 Å². The molecule has 2 heterocycles. The normalized spacial score (nSPS) is 15.6. The number of unbranched alkanes of at least 4 members (excludes halogenated alkanes) is 1. The summed E-state index contributed by atoms with van der Waals surface area (Å²) < 4.78 is 41.7. The number of imide groups is 1. The zero-order chi connectivity index (χ0) is 26.7. The molecule has 13 heteroatoms. The second-order valence-electron chi connectivity index (χ2n) is 9.20. The van der Waals surface area contributed by atoms with Crippen molar-refractivity contribution in [1.82, 2.24) is 25.4 Å². The van der Waals surface area contributed by atoms with Crippen molar-refractivity contribution < 1.29 is 32.8 Å². The van der Waals surface area contributed by atoms with E-state index in [-0.39, 0.29) is 24.2 Å². The number of nitrogens with zero attached hydrogens (tertiary/aromatic N) is 5. The molecule has 3 rings (SSSR count). The van der Waals surface area contributed by atoms with E-state index in [9.17, 15) is 27.6 Å². The third-order valence-corrected chi connectivity index (χ3v) is 6.17. The van der Waals surface area contributed by atoms with Gasteiger partial charge in [0.2, 0.25) is 5.91 Å². The average Bonchev–Trinajstić information content (AvgIpc) is 3.32. The fourth-order valence-corrected chi connectivity index (χ4v) is 4.09. The number of hydrogen-bond acceptors (Lipinski definition) is 6. The van der Waals surface area contributed by atoms with Crippen molar-refractivity contribution in [2.24, 2.45) is 0 Å². The lowest BCUT2D eigenvalue weighted by Gasteiger charge is -2.27. The third kappa shape index (κ3) is 5.83. The molecule has 10 nitrogen and oxygen atoms in total. The van der Waals surface area contributed by atoms with E-state index >= 15 is 0 Å². The van der Waals surface area contributed by atoms with Crippen LogP contribution in [0.15, 0.2) is 24.4 Å². The van der Waals surface area contributed by atoms with Crippen molar-refractivity contribution in [2.45, 2.75) is 71.1 Å². The number of carbonyl (C=O) groups is 3. The summed E-state index contributed by atoms with van der Waals surface area (Å²) in [5.41, 5.74) is 0.106. The highest BCUT2D eigenvalue weighted by Crippen LogP contribution is 2.37. The number of hydroxylamine groups is 1. The lowest BCUT2D eigenvalue weighted by Crippen LogP contribution is -2.44. The highest BCUT2D eigenvalue weighted by molar-refractivity contribution is 6.23. The van der Waals surface area contributed by atoms with Gasteiger partial charge in [0.25, 0.3) is 5.91 Å². The van der Waals surface area contributed by atoms with Crippen molar-refractivity contribution in [1.29, 1.82) is 0 Å². The van der Waals surface area contributed by atoms with Gasteiger partial charge in [-0.25, -0.2) is 15.2 Å². The molecule has 0 atom stereocenters. The molecule has 36 heavy (non-hydrogen) atoms. The molecule has 0 saturated carbocycles. The number of amides is 4. The van der Waals surface area contributed by atoms with Crippen LogP contribution >= 0.6 is 0 Å². The molecule has 196 valence electrons. The van der Waals surface area contributed by atoms with Crippen LogP contribution in [0.1, 0.15) is 56.4 Å². The summed E-state index contributed by atoms with van der Waals surface area (Å²) in [4.78, 5) is 39.4. The van der Waals surface area contributed by atoms with Crippen molar-refractivity contribution >= 4 is 23.5 Å². The van der Waals surface area contributed by atoms with Gasteiger partial charge in [0.15, 0.2) is 0 Å². The lowest BCUT2D eigenvalue weighted by atomic mass is 10.0. The van der Waals surface area contributed by atoms with Gasteiger partial charge in [0, 0.05) is 25.7 Å². The number of anilines is 1. The first-order valence-electron chi connectivity index (χ1n) is 11.5. The Morgan fingerprint density at radius 1 is 1.14 bits per heavy atom. The quantitative estimate of drug-likeness (QED) is 0.219. The Kier molecular flexibility index (Phi) is 8.02. The van der Waals surface area contributed by atoms with E-state index in [2.05, 4.69) is 10.3 Å². The minimum atomic E-state index is -4.60. The van der Waals surface area contributed by atoms with Crippen LogP contribution in [0.2, 0.25) is 0 Å². The molecule has 1 aromatic carbocycles. The molecular formula is C23H29F3N6O4. The van der Waals surface area contributed by atoms with E-state index < -0.39 is 35.1 Å². The monoisotopic (exact) mass is 510 g/mol. The van der Waals surface area contributed by atoms with E-state index in [1.54, 1.807) is 30.2 Å². The second-order valence-corrected chi connectivity index (χ2v) is 9.20. The van der Waals surface area contributed by atoms with Gasteiger partial charge in [0.1, 0.15) is 5.54 Å². The van der Waals surface area contributed by atoms with E-state index in [4.69, 9.17) is 5.21 Å². The predicted molar refractivity (Wildman–Crippen MR) is 122 cm³/mol. The average molecular weight is 511 g/mol. The molecule has 0 spiro atoms. The first kappa shape index (κ1) is 27.1. The summed E-state index contributed by atoms with van der Waals surface area (Å²) in [6, 6.07) is 2.78. The molecule has 4 amide bonds. The summed E-state index contributed by atoms with van der Waals surface area (Å²) in [6.45, 7) is 5.19. The number of hydrogen-bond donors (Lipinski definition) is 2. The zero-order valence-electron chi connectivity index (χ0n) is 20.3. The van der Waals surface area contributed by atoms with Gasteiger partial charge in [-0.2, -0.15) is 13.2 Å². The van der Waals surface area contributed by atoms with Gasteiger partial charge in [-0.1, -0.05) is 11.3 Å². The molecule has 0 radical (unpaired) electrons. The van der Waals surface area contributed by atoms with Crippen LogP contribution in [0.5, 0.6) is 0 Å². The van der Waals surface area contributed by atoms with Crippen molar-refractivity contribution in [3.63, 3.8) is 0 Å². The standard InChI is InChI=1S/C23H29F3N6O4/c1-15-9-10-17(13-18(15)23(24,25)26)32-20(34)22(2,3)31(21(32)35)12-5-4-7-16-14-30(29-27-16)11-6-8-19(33)28-36/h9-10,13-14,36H,4-8,11-12H2,1-3H3,(H,28,33). The zero-order valence-corrected chi connectivity index (χ0v) is 20.3. The largest absolute Gasteiger partial charge is 0.416 e. The fraction of sp³-hybridized carbons (Fsp3) is 0.522. The Bertz CT molecular complexity index is 1130. The predicted octanol–water partition coefficient (Wildman–Crippen LogP) is 3.46. The molecule has 2 aromatic rings. The summed E-state index contributed by atoms with van der Waals surface area (Å²) in [6.07, 6.45) is -0.452. The highest BCUT2D eigenvalue weighted by Gasteiger charge is 2.51. The summed E-state index contributed by atoms with van der Waals surface area (Å²) in [7, 11) is 0. The number of aromatic nitrogens is 3. The molecule has 0 bridgehead atoms. The van der Waals surface area contributed by atoms with E-state index in [1.807, 2.05) is 0 Å². The van der Waals surface area contributed by atoms with Gasteiger partial charge in [0.05, 0.1) is 16.9 Å². The molecule has 1 aliphatic rings. The minimum Gasteiger partial charge on any atom is -0.310 e. The van der Waals surface area contributed by atoms with Gasteiger partial charge in [-0.05, 0) is 64.2 Å². The molecule has 2 N–H and O–H groups in total. The SMILES string of the molecule is Cc1ccc(N2C(=O)N(CCCCc3cn(CCCC(=O)NO)nn3)C(C)(C)C2=O)cc1C(F)(F)F. The lowest BCUT2D eigenvalue weighted by molar-refractivity contribution is -0.138. The minimum absolute atomic E-state index is 0.00838. The van der Waals surface area contributed by atoms with Gasteiger partial charge >= 0.3 is 12.2 Å². The number of halogens is 3. The van der Waals surface area contributed by atoms with Crippen LogP contribution in [0, 0.1) is 6.92 Å². The van der Waals surface area contributed by atoms with Crippen molar-refractivity contribution in [2.75, 3.05) is 11.4 Å². The third-order valence-electron chi connectivity index (χ3n) is 6.17. The highest BCUT2D eigenvalue weighted by atomic mass is 19.4. The molecule has 0 aliphatic carbocycles. The van der Waals surface area contributed by atoms with Gasteiger partial charge < -0.3 is 4.90 Å². The van der Waals surface area contributed by atoms with Crippen molar-refractivity contribution in [3.8, 4) is 0 Å². The van der Waals surface area contributed by atoms with Crippen molar-refractivity contribution in [3.05, 3.63) is 41.2 Å². The Balaban J connectivity index is 1.59. The van der Waals surface area contributed by atoms with Gasteiger partial charge in [-0.15, -0.1) is 5.10 Å². The van der Waals surface area contributed by atoms with E-state index in [0.717, 1.165) is 16.7 Å². The smallest absolute Gasteiger partial charge is 0.310 e. The molecule has 1 fully saturated rings. The summed E-state index contributed by atoms with van der Waals surface area (Å²) >= 11 is 0. The number of aryl methyl sites for hydroxylation is 3. The molecular weight excluding hydrogens is 481 g/mol. The Morgan fingerprint density at radius 3 is 2.53 bits per heavy atom. The number of alkyl halides is 3. The van der Waals surface area contributed by atoms with Crippen LogP contribution in [0.3, 0.4) is 0 Å². The van der Waals surface area contributed by atoms with Crippen LogP contribution in [-0.2, 0) is 28.7 Å². The summed E-state index contributed by atoms with van der Waals surface area (Å²) in [5, 5.41) is 16.6. The molecule has 1 saturated heterocycles. The Hall–Kier alpha value is -3.48. The maximum Gasteiger partial charge on any atom is 0.416 e. The van der Waals surface area contributed by atoms with Gasteiger partial charge in [-0.3, -0.25) is 19.5 Å². The number of rotatable bonds is 10. The maximum absolute atomic E-state index is 13.4. The molecule has 1 aliphatic heterocycles. The summed E-state index contributed by atoms with van der Waals surface area (Å²) in [5.74, 6) is -1.06. The molecule has 0 unspecified atom stereocenters.